The van der Waals surface area contributed by atoms with Gasteiger partial charge in [0.05, 0.1) is 20.6 Å². The van der Waals surface area contributed by atoms with Crippen LogP contribution in [-0.2, 0) is 20.7 Å². The highest BCUT2D eigenvalue weighted by atomic mass is 16.5. The average molecular weight is 343 g/mol. The summed E-state index contributed by atoms with van der Waals surface area (Å²) in [7, 11) is 3.04. The molecule has 1 unspecified atom stereocenters. The van der Waals surface area contributed by atoms with E-state index in [2.05, 4.69) is 5.32 Å². The zero-order chi connectivity index (χ0) is 18.2. The van der Waals surface area contributed by atoms with Crippen molar-refractivity contribution in [1.82, 2.24) is 0 Å². The standard InChI is InChI=1S/C19H21NO5/c1-13(25-18(21)9-14-7-5-4-6-8-14)19(22)20-15-10-16(23-2)12-17(11-15)24-3/h4-8,10-13H,9H2,1-3H3,(H,20,22). The minimum atomic E-state index is -0.923. The smallest absolute Gasteiger partial charge is 0.311 e. The maximum Gasteiger partial charge on any atom is 0.311 e. The summed E-state index contributed by atoms with van der Waals surface area (Å²) < 4.78 is 15.5. The van der Waals surface area contributed by atoms with Crippen LogP contribution in [0.2, 0.25) is 0 Å². The average Bonchev–Trinajstić information content (AvgIpc) is 2.61. The highest BCUT2D eigenvalue weighted by Crippen LogP contribution is 2.25. The van der Waals surface area contributed by atoms with Gasteiger partial charge in [0, 0.05) is 23.9 Å². The molecule has 0 saturated carbocycles. The monoisotopic (exact) mass is 343 g/mol. The van der Waals surface area contributed by atoms with Gasteiger partial charge >= 0.3 is 5.97 Å². The predicted octanol–water partition coefficient (Wildman–Crippen LogP) is 2.82. The number of benzene rings is 2. The molecule has 0 bridgehead atoms. The lowest BCUT2D eigenvalue weighted by Gasteiger charge is -2.15. The quantitative estimate of drug-likeness (QED) is 0.783. The van der Waals surface area contributed by atoms with Crippen LogP contribution in [0.15, 0.2) is 48.5 Å². The van der Waals surface area contributed by atoms with Crippen LogP contribution in [-0.4, -0.2) is 32.2 Å². The maximum atomic E-state index is 12.2. The Morgan fingerprint density at radius 1 is 1.00 bits per heavy atom. The molecule has 0 spiro atoms. The Morgan fingerprint density at radius 2 is 1.60 bits per heavy atom. The molecule has 0 radical (unpaired) electrons. The summed E-state index contributed by atoms with van der Waals surface area (Å²) in [6.45, 7) is 1.52. The van der Waals surface area contributed by atoms with Gasteiger partial charge in [0.15, 0.2) is 6.10 Å². The lowest BCUT2D eigenvalue weighted by molar-refractivity contribution is -0.152. The van der Waals surface area contributed by atoms with Crippen molar-refractivity contribution in [1.29, 1.82) is 0 Å². The van der Waals surface area contributed by atoms with Gasteiger partial charge in [-0.3, -0.25) is 9.59 Å². The van der Waals surface area contributed by atoms with E-state index in [0.29, 0.717) is 17.2 Å². The van der Waals surface area contributed by atoms with E-state index in [4.69, 9.17) is 14.2 Å². The number of carbonyl (C=O) groups is 2. The molecule has 0 aromatic heterocycles. The first kappa shape index (κ1) is 18.3. The summed E-state index contributed by atoms with van der Waals surface area (Å²) in [5, 5.41) is 2.68. The molecule has 0 heterocycles. The molecular formula is C19H21NO5. The second-order valence-corrected chi connectivity index (χ2v) is 5.39. The normalized spacial score (nSPS) is 11.3. The summed E-state index contributed by atoms with van der Waals surface area (Å²) in [5.74, 6) is 0.195. The molecule has 0 aliphatic carbocycles. The van der Waals surface area contributed by atoms with E-state index in [9.17, 15) is 9.59 Å². The first-order valence-electron chi connectivity index (χ1n) is 7.79. The highest BCUT2D eigenvalue weighted by molar-refractivity contribution is 5.95. The van der Waals surface area contributed by atoms with Crippen LogP contribution in [0, 0.1) is 0 Å². The van der Waals surface area contributed by atoms with Gasteiger partial charge in [0.1, 0.15) is 11.5 Å². The zero-order valence-corrected chi connectivity index (χ0v) is 14.4. The molecule has 6 heteroatoms. The number of nitrogens with one attached hydrogen (secondary N) is 1. The van der Waals surface area contributed by atoms with E-state index in [0.717, 1.165) is 5.56 Å². The van der Waals surface area contributed by atoms with Crippen molar-refractivity contribution in [3.05, 3.63) is 54.1 Å². The number of carbonyl (C=O) groups excluding carboxylic acids is 2. The zero-order valence-electron chi connectivity index (χ0n) is 14.4. The summed E-state index contributed by atoms with van der Waals surface area (Å²) >= 11 is 0. The third kappa shape index (κ3) is 5.53. The number of rotatable bonds is 7. The van der Waals surface area contributed by atoms with Gasteiger partial charge in [0.2, 0.25) is 0 Å². The number of hydrogen-bond acceptors (Lipinski definition) is 5. The third-order valence-electron chi connectivity index (χ3n) is 3.49. The minimum Gasteiger partial charge on any atom is -0.497 e. The topological polar surface area (TPSA) is 73.9 Å². The number of methoxy groups -OCH3 is 2. The van der Waals surface area contributed by atoms with E-state index in [1.807, 2.05) is 30.3 Å². The molecule has 0 saturated heterocycles. The van der Waals surface area contributed by atoms with Crippen molar-refractivity contribution < 1.29 is 23.8 Å². The van der Waals surface area contributed by atoms with E-state index < -0.39 is 18.0 Å². The van der Waals surface area contributed by atoms with Crippen molar-refractivity contribution in [3.8, 4) is 11.5 Å². The molecule has 2 aromatic rings. The summed E-state index contributed by atoms with van der Waals surface area (Å²) in [6, 6.07) is 14.2. The van der Waals surface area contributed by atoms with Crippen LogP contribution in [0.5, 0.6) is 11.5 Å². The Kier molecular flexibility index (Phi) is 6.39. The van der Waals surface area contributed by atoms with Crippen molar-refractivity contribution >= 4 is 17.6 Å². The van der Waals surface area contributed by atoms with E-state index in [1.54, 1.807) is 18.2 Å². The van der Waals surface area contributed by atoms with Crippen molar-refractivity contribution in [2.45, 2.75) is 19.4 Å². The fraction of sp³-hybridized carbons (Fsp3) is 0.263. The second-order valence-electron chi connectivity index (χ2n) is 5.39. The van der Waals surface area contributed by atoms with Gasteiger partial charge in [-0.2, -0.15) is 0 Å². The molecule has 1 amide bonds. The highest BCUT2D eigenvalue weighted by Gasteiger charge is 2.18. The molecular weight excluding hydrogens is 322 g/mol. The van der Waals surface area contributed by atoms with Gasteiger partial charge < -0.3 is 19.5 Å². The fourth-order valence-corrected chi connectivity index (χ4v) is 2.18. The molecule has 132 valence electrons. The number of anilines is 1. The van der Waals surface area contributed by atoms with E-state index in [-0.39, 0.29) is 6.42 Å². The van der Waals surface area contributed by atoms with Gasteiger partial charge in [-0.25, -0.2) is 0 Å². The largest absolute Gasteiger partial charge is 0.497 e. The lowest BCUT2D eigenvalue weighted by Crippen LogP contribution is -2.30. The first-order valence-corrected chi connectivity index (χ1v) is 7.79. The molecule has 0 fully saturated rings. The Hall–Kier alpha value is -3.02. The molecule has 1 atom stereocenters. The molecule has 2 aromatic carbocycles. The van der Waals surface area contributed by atoms with Gasteiger partial charge in [0.25, 0.3) is 5.91 Å². The summed E-state index contributed by atoms with van der Waals surface area (Å²) in [5.41, 5.74) is 1.32. The number of amides is 1. The lowest BCUT2D eigenvalue weighted by atomic mass is 10.1. The number of hydrogen-bond donors (Lipinski definition) is 1. The number of ether oxygens (including phenoxy) is 3. The Morgan fingerprint density at radius 3 is 2.16 bits per heavy atom. The van der Waals surface area contributed by atoms with E-state index >= 15 is 0 Å². The second kappa shape index (κ2) is 8.73. The van der Waals surface area contributed by atoms with Gasteiger partial charge in [-0.1, -0.05) is 30.3 Å². The van der Waals surface area contributed by atoms with Crippen LogP contribution >= 0.6 is 0 Å². The molecule has 6 nitrogen and oxygen atoms in total. The Balaban J connectivity index is 1.95. The van der Waals surface area contributed by atoms with Crippen LogP contribution in [0.3, 0.4) is 0 Å². The van der Waals surface area contributed by atoms with Crippen molar-refractivity contribution in [3.63, 3.8) is 0 Å². The number of esters is 1. The van der Waals surface area contributed by atoms with Crippen LogP contribution < -0.4 is 14.8 Å². The molecule has 0 aliphatic rings. The molecule has 25 heavy (non-hydrogen) atoms. The SMILES string of the molecule is COc1cc(NC(=O)C(C)OC(=O)Cc2ccccc2)cc(OC)c1. The summed E-state index contributed by atoms with van der Waals surface area (Å²) in [4.78, 5) is 24.2. The van der Waals surface area contributed by atoms with Crippen molar-refractivity contribution in [2.75, 3.05) is 19.5 Å². The van der Waals surface area contributed by atoms with Crippen molar-refractivity contribution in [2.24, 2.45) is 0 Å². The third-order valence-corrected chi connectivity index (χ3v) is 3.49. The summed E-state index contributed by atoms with van der Waals surface area (Å²) in [6.07, 6.45) is -0.806. The van der Waals surface area contributed by atoms with Crippen LogP contribution in [0.1, 0.15) is 12.5 Å². The van der Waals surface area contributed by atoms with Gasteiger partial charge in [-0.05, 0) is 12.5 Å². The maximum absolute atomic E-state index is 12.2. The van der Waals surface area contributed by atoms with Crippen LogP contribution in [0.25, 0.3) is 0 Å². The molecule has 1 N–H and O–H groups in total. The predicted molar refractivity (Wildman–Crippen MR) is 93.9 cm³/mol. The fourth-order valence-electron chi connectivity index (χ4n) is 2.18. The molecule has 0 aliphatic heterocycles. The van der Waals surface area contributed by atoms with Crippen LogP contribution in [0.4, 0.5) is 5.69 Å². The Bertz CT molecular complexity index is 708. The van der Waals surface area contributed by atoms with Gasteiger partial charge in [-0.15, -0.1) is 0 Å². The molecule has 2 rings (SSSR count). The Labute approximate surface area is 146 Å². The first-order chi connectivity index (χ1) is 12.0. The van der Waals surface area contributed by atoms with E-state index in [1.165, 1.54) is 21.1 Å². The minimum absolute atomic E-state index is 0.117.